The number of carbonyl (C=O) groups is 1. The maximum Gasteiger partial charge on any atom is 0.164 e. The minimum absolute atomic E-state index is 0.171. The molecule has 2 rings (SSSR count). The number of hydrogen-bond acceptors (Lipinski definition) is 2. The molecule has 0 atom stereocenters. The smallest absolute Gasteiger partial charge is 0.164 e. The SMILES string of the molecule is O=C(CCc1ccsc1)c1cc(Br)ccc1Br. The Morgan fingerprint density at radius 1 is 1.24 bits per heavy atom. The molecule has 0 spiro atoms. The van der Waals surface area contributed by atoms with Crippen LogP contribution in [0.4, 0.5) is 0 Å². The van der Waals surface area contributed by atoms with Crippen molar-refractivity contribution in [3.05, 3.63) is 55.1 Å². The second kappa shape index (κ2) is 5.94. The van der Waals surface area contributed by atoms with E-state index in [0.717, 1.165) is 20.9 Å². The van der Waals surface area contributed by atoms with Crippen molar-refractivity contribution in [2.24, 2.45) is 0 Å². The predicted octanol–water partition coefficient (Wildman–Crippen LogP) is 5.09. The number of thiophene rings is 1. The lowest BCUT2D eigenvalue weighted by Crippen LogP contribution is -2.01. The zero-order valence-electron chi connectivity index (χ0n) is 8.95. The van der Waals surface area contributed by atoms with Crippen LogP contribution in [0, 0.1) is 0 Å². The van der Waals surface area contributed by atoms with Crippen molar-refractivity contribution in [3.8, 4) is 0 Å². The van der Waals surface area contributed by atoms with Gasteiger partial charge in [-0.25, -0.2) is 0 Å². The maximum atomic E-state index is 12.1. The van der Waals surface area contributed by atoms with Crippen LogP contribution in [0.1, 0.15) is 22.3 Å². The molecule has 0 aliphatic carbocycles. The first-order chi connectivity index (χ1) is 8.16. The van der Waals surface area contributed by atoms with Crippen LogP contribution in [-0.2, 0) is 6.42 Å². The van der Waals surface area contributed by atoms with Gasteiger partial charge in [0.15, 0.2) is 5.78 Å². The molecule has 0 bridgehead atoms. The Morgan fingerprint density at radius 2 is 2.06 bits per heavy atom. The Hall–Kier alpha value is -0.450. The van der Waals surface area contributed by atoms with Crippen molar-refractivity contribution in [2.45, 2.75) is 12.8 Å². The normalized spacial score (nSPS) is 10.5. The van der Waals surface area contributed by atoms with E-state index in [0.29, 0.717) is 6.42 Å². The number of Topliss-reactive ketones (excluding diaryl/α,β-unsaturated/α-hetero) is 1. The third-order valence-corrected chi connectivity index (χ3v) is 4.37. The summed E-state index contributed by atoms with van der Waals surface area (Å²) in [5.41, 5.74) is 1.98. The highest BCUT2D eigenvalue weighted by Crippen LogP contribution is 2.23. The third-order valence-electron chi connectivity index (χ3n) is 2.45. The van der Waals surface area contributed by atoms with Gasteiger partial charge in [0.25, 0.3) is 0 Å². The quantitative estimate of drug-likeness (QED) is 0.682. The summed E-state index contributed by atoms with van der Waals surface area (Å²) in [6, 6.07) is 7.73. The minimum Gasteiger partial charge on any atom is -0.294 e. The topological polar surface area (TPSA) is 17.1 Å². The Bertz CT molecular complexity index is 520. The molecule has 0 saturated heterocycles. The van der Waals surface area contributed by atoms with Crippen molar-refractivity contribution < 1.29 is 4.79 Å². The summed E-state index contributed by atoms with van der Waals surface area (Å²) in [5, 5.41) is 4.12. The van der Waals surface area contributed by atoms with Gasteiger partial charge in [-0.1, -0.05) is 31.9 Å². The van der Waals surface area contributed by atoms with E-state index in [1.54, 1.807) is 11.3 Å². The van der Waals surface area contributed by atoms with Crippen LogP contribution < -0.4 is 0 Å². The lowest BCUT2D eigenvalue weighted by molar-refractivity contribution is 0.0982. The van der Waals surface area contributed by atoms with Gasteiger partial charge in [-0.3, -0.25) is 4.79 Å². The van der Waals surface area contributed by atoms with Crippen LogP contribution in [-0.4, -0.2) is 5.78 Å². The summed E-state index contributed by atoms with van der Waals surface area (Å²) < 4.78 is 1.79. The summed E-state index contributed by atoms with van der Waals surface area (Å²) in [5.74, 6) is 0.171. The summed E-state index contributed by atoms with van der Waals surface area (Å²) in [6.07, 6.45) is 1.35. The number of aryl methyl sites for hydroxylation is 1. The molecule has 0 saturated carbocycles. The molecule has 0 unspecified atom stereocenters. The first kappa shape index (κ1) is 13.0. The second-order valence-corrected chi connectivity index (χ2v) is 6.23. The highest BCUT2D eigenvalue weighted by molar-refractivity contribution is 9.11. The van der Waals surface area contributed by atoms with Gasteiger partial charge < -0.3 is 0 Å². The van der Waals surface area contributed by atoms with Gasteiger partial charge in [0.2, 0.25) is 0 Å². The van der Waals surface area contributed by atoms with Crippen molar-refractivity contribution in [3.63, 3.8) is 0 Å². The minimum atomic E-state index is 0.171. The Morgan fingerprint density at radius 3 is 2.76 bits per heavy atom. The molecule has 1 aromatic heterocycles. The molecule has 0 fully saturated rings. The van der Waals surface area contributed by atoms with E-state index in [2.05, 4.69) is 43.3 Å². The highest BCUT2D eigenvalue weighted by atomic mass is 79.9. The molecule has 1 heterocycles. The van der Waals surface area contributed by atoms with Crippen molar-refractivity contribution in [1.29, 1.82) is 0 Å². The van der Waals surface area contributed by atoms with Crippen molar-refractivity contribution >= 4 is 49.0 Å². The first-order valence-electron chi connectivity index (χ1n) is 5.16. The van der Waals surface area contributed by atoms with Gasteiger partial charge in [0.1, 0.15) is 0 Å². The fraction of sp³-hybridized carbons (Fsp3) is 0.154. The molecular weight excluding hydrogens is 364 g/mol. The van der Waals surface area contributed by atoms with E-state index < -0.39 is 0 Å². The molecule has 4 heteroatoms. The Balaban J connectivity index is 2.07. The van der Waals surface area contributed by atoms with Crippen molar-refractivity contribution in [2.75, 3.05) is 0 Å². The van der Waals surface area contributed by atoms with E-state index >= 15 is 0 Å². The van der Waals surface area contributed by atoms with E-state index in [-0.39, 0.29) is 5.78 Å². The van der Waals surface area contributed by atoms with E-state index in [4.69, 9.17) is 0 Å². The molecule has 88 valence electrons. The molecule has 1 aromatic carbocycles. The zero-order valence-corrected chi connectivity index (χ0v) is 12.9. The molecule has 17 heavy (non-hydrogen) atoms. The number of hydrogen-bond donors (Lipinski definition) is 0. The molecule has 0 N–H and O–H groups in total. The molecule has 0 aliphatic rings. The summed E-state index contributed by atoms with van der Waals surface area (Å²) >= 11 is 8.46. The third kappa shape index (κ3) is 3.50. The van der Waals surface area contributed by atoms with Gasteiger partial charge in [0.05, 0.1) is 0 Å². The van der Waals surface area contributed by atoms with Gasteiger partial charge in [-0.05, 0) is 47.0 Å². The van der Waals surface area contributed by atoms with E-state index in [1.165, 1.54) is 5.56 Å². The average molecular weight is 374 g/mol. The van der Waals surface area contributed by atoms with Crippen LogP contribution in [0.2, 0.25) is 0 Å². The van der Waals surface area contributed by atoms with Crippen LogP contribution >= 0.6 is 43.2 Å². The largest absolute Gasteiger partial charge is 0.294 e. The van der Waals surface area contributed by atoms with Crippen LogP contribution in [0.25, 0.3) is 0 Å². The number of rotatable bonds is 4. The Labute approximate surface area is 121 Å². The van der Waals surface area contributed by atoms with Gasteiger partial charge in [-0.2, -0.15) is 11.3 Å². The first-order valence-corrected chi connectivity index (χ1v) is 7.69. The Kier molecular flexibility index (Phi) is 4.54. The number of ketones is 1. The predicted molar refractivity (Wildman–Crippen MR) is 78.8 cm³/mol. The van der Waals surface area contributed by atoms with E-state index in [9.17, 15) is 4.79 Å². The zero-order chi connectivity index (χ0) is 12.3. The van der Waals surface area contributed by atoms with Crippen LogP contribution in [0.3, 0.4) is 0 Å². The summed E-state index contributed by atoms with van der Waals surface area (Å²) in [6.45, 7) is 0. The lowest BCUT2D eigenvalue weighted by Gasteiger charge is -2.04. The van der Waals surface area contributed by atoms with Gasteiger partial charge in [0, 0.05) is 20.9 Å². The monoisotopic (exact) mass is 372 g/mol. The molecule has 0 radical (unpaired) electrons. The average Bonchev–Trinajstić information content (AvgIpc) is 2.82. The molecule has 0 aliphatic heterocycles. The summed E-state index contributed by atoms with van der Waals surface area (Å²) in [4.78, 5) is 12.1. The maximum absolute atomic E-state index is 12.1. The van der Waals surface area contributed by atoms with Crippen LogP contribution in [0.15, 0.2) is 44.0 Å². The fourth-order valence-corrected chi connectivity index (χ4v) is 3.07. The fourth-order valence-electron chi connectivity index (χ4n) is 1.54. The molecular formula is C13H10Br2OS. The number of halogens is 2. The number of benzene rings is 1. The summed E-state index contributed by atoms with van der Waals surface area (Å²) in [7, 11) is 0. The van der Waals surface area contributed by atoms with Gasteiger partial charge in [-0.15, -0.1) is 0 Å². The molecule has 2 aromatic rings. The standard InChI is InChI=1S/C13H10Br2OS/c14-10-2-3-12(15)11(7-10)13(16)4-1-9-5-6-17-8-9/h2-3,5-8H,1,4H2. The van der Waals surface area contributed by atoms with Crippen molar-refractivity contribution in [1.82, 2.24) is 0 Å². The highest BCUT2D eigenvalue weighted by Gasteiger charge is 2.10. The number of carbonyl (C=O) groups excluding carboxylic acids is 1. The van der Waals surface area contributed by atoms with Gasteiger partial charge >= 0.3 is 0 Å². The van der Waals surface area contributed by atoms with Crippen LogP contribution in [0.5, 0.6) is 0 Å². The molecule has 1 nitrogen and oxygen atoms in total. The molecule has 0 amide bonds. The second-order valence-electron chi connectivity index (χ2n) is 3.68. The lowest BCUT2D eigenvalue weighted by atomic mass is 10.0. The van der Waals surface area contributed by atoms with E-state index in [1.807, 2.05) is 23.6 Å².